The van der Waals surface area contributed by atoms with Crippen LogP contribution >= 0.6 is 0 Å². The highest BCUT2D eigenvalue weighted by Gasteiger charge is 2.29. The quantitative estimate of drug-likeness (QED) is 0.755. The smallest absolute Gasteiger partial charge is 0.242 e. The maximum absolute atomic E-state index is 6.03. The third-order valence-corrected chi connectivity index (χ3v) is 3.67. The molecule has 0 bridgehead atoms. The Bertz CT molecular complexity index is 436. The summed E-state index contributed by atoms with van der Waals surface area (Å²) in [6.45, 7) is 5.67. The van der Waals surface area contributed by atoms with Crippen molar-refractivity contribution in [3.63, 3.8) is 0 Å². The molecule has 1 aliphatic carbocycles. The van der Waals surface area contributed by atoms with E-state index in [2.05, 4.69) is 34.2 Å². The van der Waals surface area contributed by atoms with E-state index in [9.17, 15) is 0 Å². The van der Waals surface area contributed by atoms with E-state index >= 15 is 0 Å². The molecule has 1 fully saturated rings. The van der Waals surface area contributed by atoms with Crippen molar-refractivity contribution < 1.29 is 4.74 Å². The van der Waals surface area contributed by atoms with Gasteiger partial charge in [0.15, 0.2) is 5.82 Å². The standard InChI is InChI=1S/C14H25N5O/c1-4-7-20-14-12(15)13(17-9-18-14)16-8-10(2)19(3)11-5-6-11/h9-11H,4-8,15H2,1-3H3,(H,16,17,18). The normalized spacial score (nSPS) is 16.2. The van der Waals surface area contributed by atoms with Crippen LogP contribution in [0.2, 0.25) is 0 Å². The Labute approximate surface area is 120 Å². The second-order valence-corrected chi connectivity index (χ2v) is 5.42. The van der Waals surface area contributed by atoms with E-state index in [0.717, 1.165) is 19.0 Å². The number of hydrogen-bond acceptors (Lipinski definition) is 6. The Morgan fingerprint density at radius 1 is 1.50 bits per heavy atom. The Morgan fingerprint density at radius 2 is 2.25 bits per heavy atom. The summed E-state index contributed by atoms with van der Waals surface area (Å²) in [5.41, 5.74) is 6.52. The highest BCUT2D eigenvalue weighted by atomic mass is 16.5. The molecule has 1 atom stereocenters. The molecule has 0 saturated heterocycles. The van der Waals surface area contributed by atoms with Gasteiger partial charge in [-0.15, -0.1) is 0 Å². The predicted molar refractivity (Wildman–Crippen MR) is 81.0 cm³/mol. The zero-order valence-electron chi connectivity index (χ0n) is 12.6. The van der Waals surface area contributed by atoms with Gasteiger partial charge in [-0.05, 0) is 33.2 Å². The number of ether oxygens (including phenoxy) is 1. The minimum Gasteiger partial charge on any atom is -0.476 e. The first-order valence-electron chi connectivity index (χ1n) is 7.32. The van der Waals surface area contributed by atoms with Gasteiger partial charge in [-0.3, -0.25) is 4.90 Å². The second kappa shape index (κ2) is 6.74. The number of nitrogens with two attached hydrogens (primary N) is 1. The first-order chi connectivity index (χ1) is 9.63. The molecule has 20 heavy (non-hydrogen) atoms. The highest BCUT2D eigenvalue weighted by Crippen LogP contribution is 2.28. The molecule has 0 aromatic carbocycles. The van der Waals surface area contributed by atoms with Gasteiger partial charge < -0.3 is 15.8 Å². The SMILES string of the molecule is CCCOc1ncnc(NCC(C)N(C)C2CC2)c1N. The van der Waals surface area contributed by atoms with E-state index in [1.165, 1.54) is 19.2 Å². The maximum atomic E-state index is 6.03. The number of rotatable bonds is 8. The summed E-state index contributed by atoms with van der Waals surface area (Å²) in [5, 5.41) is 3.30. The van der Waals surface area contributed by atoms with Crippen molar-refractivity contribution >= 4 is 11.5 Å². The number of nitrogens with one attached hydrogen (secondary N) is 1. The van der Waals surface area contributed by atoms with Gasteiger partial charge in [-0.2, -0.15) is 4.98 Å². The number of nitrogen functional groups attached to an aromatic ring is 1. The van der Waals surface area contributed by atoms with Crippen molar-refractivity contribution in [2.45, 2.75) is 45.2 Å². The Morgan fingerprint density at radius 3 is 2.90 bits per heavy atom. The van der Waals surface area contributed by atoms with Gasteiger partial charge in [-0.25, -0.2) is 4.98 Å². The number of nitrogens with zero attached hydrogens (tertiary/aromatic N) is 3. The summed E-state index contributed by atoms with van der Waals surface area (Å²) in [5.74, 6) is 1.12. The third-order valence-electron chi connectivity index (χ3n) is 3.67. The van der Waals surface area contributed by atoms with E-state index in [0.29, 0.717) is 30.0 Å². The molecule has 1 aromatic heterocycles. The van der Waals surface area contributed by atoms with Crippen LogP contribution in [-0.2, 0) is 0 Å². The molecule has 2 rings (SSSR count). The van der Waals surface area contributed by atoms with Crippen molar-refractivity contribution in [1.29, 1.82) is 0 Å². The van der Waals surface area contributed by atoms with E-state index < -0.39 is 0 Å². The van der Waals surface area contributed by atoms with Crippen LogP contribution in [0.4, 0.5) is 11.5 Å². The Kier molecular flexibility index (Phi) is 5.00. The van der Waals surface area contributed by atoms with Crippen molar-refractivity contribution in [3.05, 3.63) is 6.33 Å². The van der Waals surface area contributed by atoms with Crippen LogP contribution < -0.4 is 15.8 Å². The highest BCUT2D eigenvalue weighted by molar-refractivity contribution is 5.66. The minimum absolute atomic E-state index is 0.442. The number of hydrogen-bond donors (Lipinski definition) is 2. The lowest BCUT2D eigenvalue weighted by Gasteiger charge is -2.25. The molecule has 1 saturated carbocycles. The Hall–Kier alpha value is -1.56. The fraction of sp³-hybridized carbons (Fsp3) is 0.714. The number of likely N-dealkylation sites (N-methyl/N-ethyl adjacent to an activating group) is 1. The van der Waals surface area contributed by atoms with Gasteiger partial charge >= 0.3 is 0 Å². The molecule has 1 aliphatic rings. The van der Waals surface area contributed by atoms with Crippen LogP contribution in [0.1, 0.15) is 33.1 Å². The summed E-state index contributed by atoms with van der Waals surface area (Å²) < 4.78 is 5.50. The van der Waals surface area contributed by atoms with Gasteiger partial charge in [0.1, 0.15) is 12.0 Å². The molecular weight excluding hydrogens is 254 g/mol. The first kappa shape index (κ1) is 14.8. The number of aromatic nitrogens is 2. The molecule has 1 aromatic rings. The largest absolute Gasteiger partial charge is 0.476 e. The zero-order chi connectivity index (χ0) is 14.5. The van der Waals surface area contributed by atoms with Crippen molar-refractivity contribution in [2.75, 3.05) is 31.2 Å². The molecule has 0 spiro atoms. The molecule has 3 N–H and O–H groups in total. The van der Waals surface area contributed by atoms with Crippen LogP contribution in [0.15, 0.2) is 6.33 Å². The fourth-order valence-corrected chi connectivity index (χ4v) is 2.06. The average molecular weight is 279 g/mol. The van der Waals surface area contributed by atoms with Crippen LogP contribution in [-0.4, -0.2) is 47.2 Å². The van der Waals surface area contributed by atoms with Crippen molar-refractivity contribution in [1.82, 2.24) is 14.9 Å². The monoisotopic (exact) mass is 279 g/mol. The Balaban J connectivity index is 1.91. The summed E-state index contributed by atoms with van der Waals surface area (Å²) >= 11 is 0. The summed E-state index contributed by atoms with van der Waals surface area (Å²) in [6, 6.07) is 1.19. The fourth-order valence-electron chi connectivity index (χ4n) is 2.06. The lowest BCUT2D eigenvalue weighted by molar-refractivity contribution is 0.257. The third kappa shape index (κ3) is 3.72. The predicted octanol–water partition coefficient (Wildman–Crippen LogP) is 1.74. The van der Waals surface area contributed by atoms with E-state index in [-0.39, 0.29) is 0 Å². The molecule has 0 radical (unpaired) electrons. The van der Waals surface area contributed by atoms with Crippen LogP contribution in [0, 0.1) is 0 Å². The van der Waals surface area contributed by atoms with Crippen LogP contribution in [0.3, 0.4) is 0 Å². The molecule has 6 nitrogen and oxygen atoms in total. The minimum atomic E-state index is 0.442. The molecule has 1 unspecified atom stereocenters. The van der Waals surface area contributed by atoms with Crippen LogP contribution in [0.5, 0.6) is 5.88 Å². The van der Waals surface area contributed by atoms with E-state index in [4.69, 9.17) is 10.5 Å². The van der Waals surface area contributed by atoms with Crippen molar-refractivity contribution in [3.8, 4) is 5.88 Å². The van der Waals surface area contributed by atoms with E-state index in [1.54, 1.807) is 0 Å². The lowest BCUT2D eigenvalue weighted by Crippen LogP contribution is -2.36. The van der Waals surface area contributed by atoms with Gasteiger partial charge in [-0.1, -0.05) is 6.92 Å². The first-order valence-corrected chi connectivity index (χ1v) is 7.32. The van der Waals surface area contributed by atoms with Crippen molar-refractivity contribution in [2.24, 2.45) is 0 Å². The molecule has 1 heterocycles. The second-order valence-electron chi connectivity index (χ2n) is 5.42. The van der Waals surface area contributed by atoms with Gasteiger partial charge in [0, 0.05) is 18.6 Å². The van der Waals surface area contributed by atoms with E-state index in [1.807, 2.05) is 6.92 Å². The zero-order valence-corrected chi connectivity index (χ0v) is 12.6. The average Bonchev–Trinajstić information content (AvgIpc) is 3.28. The van der Waals surface area contributed by atoms with Crippen LogP contribution in [0.25, 0.3) is 0 Å². The lowest BCUT2D eigenvalue weighted by atomic mass is 10.3. The summed E-state index contributed by atoms with van der Waals surface area (Å²) in [4.78, 5) is 10.7. The maximum Gasteiger partial charge on any atom is 0.242 e. The number of anilines is 2. The molecule has 0 amide bonds. The molecule has 6 heteroatoms. The van der Waals surface area contributed by atoms with Gasteiger partial charge in [0.2, 0.25) is 5.88 Å². The molecule has 0 aliphatic heterocycles. The summed E-state index contributed by atoms with van der Waals surface area (Å²) in [6.07, 6.45) is 5.03. The molecular formula is C14H25N5O. The van der Waals surface area contributed by atoms with Gasteiger partial charge in [0.05, 0.1) is 6.61 Å². The topological polar surface area (TPSA) is 76.3 Å². The molecule has 112 valence electrons. The summed E-state index contributed by atoms with van der Waals surface area (Å²) in [7, 11) is 2.17. The van der Waals surface area contributed by atoms with Gasteiger partial charge in [0.25, 0.3) is 0 Å².